The Morgan fingerprint density at radius 3 is 2.59 bits per heavy atom. The van der Waals surface area contributed by atoms with Crippen molar-refractivity contribution >= 4 is 5.91 Å². The van der Waals surface area contributed by atoms with Crippen LogP contribution in [-0.4, -0.2) is 25.0 Å². The standard InChI is InChI=1S/C24H34N2O/c1-21(2)16-25-10-9-19(21)26-20(27)24-13-17-11-22(24,3)14-23(12-17,15-24)18-7-5-4-6-8-18/h4-8,17,19,25H,9-16H2,1-3H3,(H,26,27). The minimum Gasteiger partial charge on any atom is -0.352 e. The second-order valence-electron chi connectivity index (χ2n) is 11.1. The maximum absolute atomic E-state index is 13.8. The molecule has 27 heavy (non-hydrogen) atoms. The zero-order chi connectivity index (χ0) is 18.9. The van der Waals surface area contributed by atoms with E-state index in [1.165, 1.54) is 24.8 Å². The van der Waals surface area contributed by atoms with Gasteiger partial charge in [0.2, 0.25) is 5.91 Å². The minimum absolute atomic E-state index is 0.123. The van der Waals surface area contributed by atoms with E-state index in [9.17, 15) is 4.79 Å². The molecule has 0 radical (unpaired) electrons. The van der Waals surface area contributed by atoms with Crippen molar-refractivity contribution in [2.75, 3.05) is 13.1 Å². The topological polar surface area (TPSA) is 41.1 Å². The Balaban J connectivity index is 1.46. The Kier molecular flexibility index (Phi) is 3.67. The van der Waals surface area contributed by atoms with Gasteiger partial charge in [0, 0.05) is 12.6 Å². The first-order valence-corrected chi connectivity index (χ1v) is 10.9. The zero-order valence-electron chi connectivity index (χ0n) is 17.1. The van der Waals surface area contributed by atoms with E-state index in [0.29, 0.717) is 11.8 Å². The van der Waals surface area contributed by atoms with Crippen LogP contribution in [0.4, 0.5) is 0 Å². The molecule has 5 fully saturated rings. The molecule has 146 valence electrons. The number of carbonyl (C=O) groups is 1. The summed E-state index contributed by atoms with van der Waals surface area (Å²) in [5.41, 5.74) is 1.81. The highest BCUT2D eigenvalue weighted by atomic mass is 16.2. The van der Waals surface area contributed by atoms with Gasteiger partial charge in [-0.3, -0.25) is 4.79 Å². The van der Waals surface area contributed by atoms with E-state index in [0.717, 1.165) is 32.4 Å². The summed E-state index contributed by atoms with van der Waals surface area (Å²) < 4.78 is 0. The van der Waals surface area contributed by atoms with Gasteiger partial charge in [0.05, 0.1) is 5.41 Å². The van der Waals surface area contributed by atoms with Gasteiger partial charge in [-0.25, -0.2) is 0 Å². The number of hydrogen-bond acceptors (Lipinski definition) is 2. The van der Waals surface area contributed by atoms with E-state index in [-0.39, 0.29) is 27.7 Å². The van der Waals surface area contributed by atoms with Crippen molar-refractivity contribution in [1.29, 1.82) is 0 Å². The van der Waals surface area contributed by atoms with E-state index in [2.05, 4.69) is 61.7 Å². The Labute approximate surface area is 163 Å². The predicted molar refractivity (Wildman–Crippen MR) is 108 cm³/mol. The molecule has 0 aromatic heterocycles. The van der Waals surface area contributed by atoms with Crippen molar-refractivity contribution in [3.63, 3.8) is 0 Å². The van der Waals surface area contributed by atoms with Crippen LogP contribution in [0.25, 0.3) is 0 Å². The van der Waals surface area contributed by atoms with E-state index < -0.39 is 0 Å². The Hall–Kier alpha value is -1.35. The summed E-state index contributed by atoms with van der Waals surface area (Å²) in [6.07, 6.45) is 6.90. The number of amides is 1. The number of benzene rings is 1. The summed E-state index contributed by atoms with van der Waals surface area (Å²) >= 11 is 0. The summed E-state index contributed by atoms with van der Waals surface area (Å²) in [7, 11) is 0. The highest BCUT2D eigenvalue weighted by Crippen LogP contribution is 2.76. The second kappa shape index (κ2) is 5.59. The molecular formula is C24H34N2O. The van der Waals surface area contributed by atoms with Gasteiger partial charge >= 0.3 is 0 Å². The molecule has 4 aliphatic carbocycles. The van der Waals surface area contributed by atoms with Gasteiger partial charge in [0.15, 0.2) is 0 Å². The SMILES string of the molecule is CC1(C)CNCCC1NC(=O)C12CC3CC(c4ccccc4)(CC1(C)C3)C2. The number of rotatable bonds is 3. The van der Waals surface area contributed by atoms with Crippen LogP contribution in [0.3, 0.4) is 0 Å². The Bertz CT molecular complexity index is 759. The van der Waals surface area contributed by atoms with Crippen molar-refractivity contribution in [1.82, 2.24) is 10.6 Å². The van der Waals surface area contributed by atoms with Crippen LogP contribution in [0.2, 0.25) is 0 Å². The summed E-state index contributed by atoms with van der Waals surface area (Å²) in [4.78, 5) is 13.8. The monoisotopic (exact) mass is 366 g/mol. The van der Waals surface area contributed by atoms with E-state index in [1.807, 2.05) is 0 Å². The largest absolute Gasteiger partial charge is 0.352 e. The van der Waals surface area contributed by atoms with Gasteiger partial charge in [-0.05, 0) is 72.8 Å². The average molecular weight is 367 g/mol. The van der Waals surface area contributed by atoms with Crippen LogP contribution in [0.1, 0.15) is 64.9 Å². The molecule has 1 amide bonds. The maximum Gasteiger partial charge on any atom is 0.227 e. The highest BCUT2D eigenvalue weighted by molar-refractivity contribution is 5.86. The summed E-state index contributed by atoms with van der Waals surface area (Å²) in [6, 6.07) is 11.3. The van der Waals surface area contributed by atoms with Crippen LogP contribution >= 0.6 is 0 Å². The predicted octanol–water partition coefficient (Wildman–Crippen LogP) is 4.03. The molecule has 1 aliphatic heterocycles. The van der Waals surface area contributed by atoms with E-state index >= 15 is 0 Å². The maximum atomic E-state index is 13.8. The molecule has 3 nitrogen and oxygen atoms in total. The molecule has 1 aromatic rings. The van der Waals surface area contributed by atoms with Crippen molar-refractivity contribution in [3.05, 3.63) is 35.9 Å². The van der Waals surface area contributed by atoms with Crippen molar-refractivity contribution < 1.29 is 4.79 Å². The lowest BCUT2D eigenvalue weighted by Crippen LogP contribution is -2.58. The van der Waals surface area contributed by atoms with Crippen molar-refractivity contribution in [3.8, 4) is 0 Å². The normalized spacial score (nSPS) is 44.4. The first-order chi connectivity index (χ1) is 12.8. The van der Waals surface area contributed by atoms with Gasteiger partial charge in [-0.2, -0.15) is 0 Å². The molecule has 5 aliphatic rings. The number of hydrogen-bond donors (Lipinski definition) is 2. The molecule has 6 rings (SSSR count). The molecule has 4 bridgehead atoms. The zero-order valence-corrected chi connectivity index (χ0v) is 17.1. The fourth-order valence-corrected chi connectivity index (χ4v) is 7.69. The van der Waals surface area contributed by atoms with Gasteiger partial charge in [-0.1, -0.05) is 51.1 Å². The third kappa shape index (κ3) is 2.40. The van der Waals surface area contributed by atoms with E-state index in [4.69, 9.17) is 0 Å². The van der Waals surface area contributed by atoms with Crippen molar-refractivity contribution in [2.24, 2.45) is 22.2 Å². The fourth-order valence-electron chi connectivity index (χ4n) is 7.69. The summed E-state index contributed by atoms with van der Waals surface area (Å²) in [5, 5.41) is 7.06. The number of piperidine rings is 1. The van der Waals surface area contributed by atoms with Gasteiger partial charge in [0.25, 0.3) is 0 Å². The molecule has 2 N–H and O–H groups in total. The summed E-state index contributed by atoms with van der Waals surface area (Å²) in [6.45, 7) is 8.98. The number of nitrogens with one attached hydrogen (secondary N) is 2. The molecular weight excluding hydrogens is 332 g/mol. The van der Waals surface area contributed by atoms with Gasteiger partial charge in [-0.15, -0.1) is 0 Å². The van der Waals surface area contributed by atoms with Gasteiger partial charge in [0.1, 0.15) is 0 Å². The molecule has 0 spiro atoms. The van der Waals surface area contributed by atoms with Crippen LogP contribution in [0.5, 0.6) is 0 Å². The van der Waals surface area contributed by atoms with E-state index in [1.54, 1.807) is 0 Å². The van der Waals surface area contributed by atoms with Crippen LogP contribution in [0.15, 0.2) is 30.3 Å². The smallest absolute Gasteiger partial charge is 0.227 e. The molecule has 4 saturated carbocycles. The summed E-state index contributed by atoms with van der Waals surface area (Å²) in [5.74, 6) is 1.08. The quantitative estimate of drug-likeness (QED) is 0.848. The minimum atomic E-state index is -0.160. The lowest BCUT2D eigenvalue weighted by atomic mass is 9.63. The number of carbonyl (C=O) groups excluding carboxylic acids is 1. The molecule has 3 heteroatoms. The lowest BCUT2D eigenvalue weighted by molar-refractivity contribution is -0.137. The molecule has 1 aromatic carbocycles. The van der Waals surface area contributed by atoms with Gasteiger partial charge < -0.3 is 10.6 Å². The Morgan fingerprint density at radius 1 is 1.07 bits per heavy atom. The van der Waals surface area contributed by atoms with Crippen LogP contribution in [-0.2, 0) is 10.2 Å². The van der Waals surface area contributed by atoms with Crippen molar-refractivity contribution in [2.45, 2.75) is 70.8 Å². The van der Waals surface area contributed by atoms with Crippen LogP contribution < -0.4 is 10.6 Å². The highest BCUT2D eigenvalue weighted by Gasteiger charge is 2.72. The Morgan fingerprint density at radius 2 is 1.85 bits per heavy atom. The fraction of sp³-hybridized carbons (Fsp3) is 0.708. The van der Waals surface area contributed by atoms with Crippen LogP contribution in [0, 0.1) is 22.2 Å². The molecule has 1 heterocycles. The average Bonchev–Trinajstić information content (AvgIpc) is 2.94. The first-order valence-electron chi connectivity index (χ1n) is 10.9. The molecule has 5 atom stereocenters. The third-order valence-corrected chi connectivity index (χ3v) is 8.84. The molecule has 5 unspecified atom stereocenters. The second-order valence-corrected chi connectivity index (χ2v) is 11.1. The third-order valence-electron chi connectivity index (χ3n) is 8.84. The molecule has 1 saturated heterocycles. The first kappa shape index (κ1) is 17.7. The lowest BCUT2D eigenvalue weighted by Gasteiger charge is -2.44.